The summed E-state index contributed by atoms with van der Waals surface area (Å²) in [6.07, 6.45) is -4.24. The summed E-state index contributed by atoms with van der Waals surface area (Å²) in [6.45, 7) is 0. The van der Waals surface area contributed by atoms with Crippen molar-refractivity contribution in [3.63, 3.8) is 0 Å². The van der Waals surface area contributed by atoms with Crippen molar-refractivity contribution >= 4 is 18.2 Å². The Balaban J connectivity index is 2.27. The first-order valence-corrected chi connectivity index (χ1v) is 5.89. The molecule has 0 atom stereocenters. The lowest BCUT2D eigenvalue weighted by Gasteiger charge is -2.07. The quantitative estimate of drug-likeness (QED) is 0.761. The lowest BCUT2D eigenvalue weighted by Crippen LogP contribution is -2.05. The molecule has 0 aliphatic rings. The number of halogens is 3. The number of H-pyrrole nitrogens is 2. The van der Waals surface area contributed by atoms with Gasteiger partial charge >= 0.3 is 12.1 Å². The Kier molecular flexibility index (Phi) is 3.67. The number of hydrogen-bond acceptors (Lipinski definition) is 2. The number of carboxylic acids is 1. The monoisotopic (exact) mass is 302 g/mol. The van der Waals surface area contributed by atoms with E-state index in [1.165, 1.54) is 12.1 Å². The van der Waals surface area contributed by atoms with Crippen molar-refractivity contribution in [1.29, 1.82) is 0 Å². The van der Waals surface area contributed by atoms with Crippen molar-refractivity contribution < 1.29 is 23.1 Å². The molecule has 3 N–H and O–H groups in total. The Morgan fingerprint density at radius 2 is 1.80 bits per heavy atom. The number of aromatic nitrogens is 2. The van der Waals surface area contributed by atoms with Crippen molar-refractivity contribution in [2.24, 2.45) is 0 Å². The van der Waals surface area contributed by atoms with Gasteiger partial charge in [-0.25, -0.2) is 4.79 Å². The van der Waals surface area contributed by atoms with Gasteiger partial charge in [0.2, 0.25) is 0 Å². The van der Waals surface area contributed by atoms with Crippen molar-refractivity contribution in [3.05, 3.63) is 51.6 Å². The number of hydrogen-bond donors (Lipinski definition) is 3. The topological polar surface area (TPSA) is 68.9 Å². The number of carbonyl (C=O) groups is 1. The van der Waals surface area contributed by atoms with Crippen LogP contribution in [0.15, 0.2) is 24.3 Å². The van der Waals surface area contributed by atoms with E-state index in [9.17, 15) is 18.0 Å². The van der Waals surface area contributed by atoms with Crippen LogP contribution in [0.2, 0.25) is 0 Å². The number of aromatic carboxylic acids is 1. The van der Waals surface area contributed by atoms with E-state index in [0.717, 1.165) is 12.1 Å². The van der Waals surface area contributed by atoms with Crippen LogP contribution in [0.25, 0.3) is 0 Å². The van der Waals surface area contributed by atoms with Gasteiger partial charge in [-0.15, -0.1) is 0 Å². The summed E-state index contributed by atoms with van der Waals surface area (Å²) in [6, 6.07) is 4.52. The standard InChI is InChI=1S/C12H9F3N2O2S/c13-12(14,15)7-3-1-6(2-4-7)5-8-9(10(18)19)17-11(20)16-8/h1-4H,5H2,(H,18,19)(H2,16,17,20). The highest BCUT2D eigenvalue weighted by Crippen LogP contribution is 2.29. The first kappa shape index (κ1) is 14.3. The van der Waals surface area contributed by atoms with Gasteiger partial charge in [0.15, 0.2) is 4.77 Å². The Hall–Kier alpha value is -2.09. The highest BCUT2D eigenvalue weighted by atomic mass is 32.1. The zero-order valence-corrected chi connectivity index (χ0v) is 10.7. The predicted octanol–water partition coefficient (Wildman–Crippen LogP) is 3.38. The molecular formula is C12H9F3N2O2S. The molecule has 106 valence electrons. The Morgan fingerprint density at radius 3 is 2.30 bits per heavy atom. The molecule has 1 aromatic carbocycles. The molecule has 0 unspecified atom stereocenters. The molecular weight excluding hydrogens is 293 g/mol. The number of carboxylic acid groups (broad SMARTS) is 1. The molecule has 0 bridgehead atoms. The summed E-state index contributed by atoms with van der Waals surface area (Å²) in [5.41, 5.74) is 0.0321. The Bertz CT molecular complexity index is 686. The maximum absolute atomic E-state index is 12.4. The first-order valence-electron chi connectivity index (χ1n) is 5.48. The minimum absolute atomic E-state index is 0.0881. The minimum Gasteiger partial charge on any atom is -0.477 e. The molecule has 0 saturated carbocycles. The van der Waals surface area contributed by atoms with E-state index in [4.69, 9.17) is 17.3 Å². The third kappa shape index (κ3) is 3.08. The fraction of sp³-hybridized carbons (Fsp3) is 0.167. The summed E-state index contributed by atoms with van der Waals surface area (Å²) in [5, 5.41) is 8.96. The van der Waals surface area contributed by atoms with Gasteiger partial charge in [0.1, 0.15) is 5.69 Å². The highest BCUT2D eigenvalue weighted by molar-refractivity contribution is 7.71. The van der Waals surface area contributed by atoms with Crippen LogP contribution in [0.5, 0.6) is 0 Å². The van der Waals surface area contributed by atoms with Crippen LogP contribution in [-0.2, 0) is 12.6 Å². The van der Waals surface area contributed by atoms with Crippen LogP contribution in [-0.4, -0.2) is 21.0 Å². The van der Waals surface area contributed by atoms with E-state index in [-0.39, 0.29) is 16.9 Å². The molecule has 0 amide bonds. The fourth-order valence-corrected chi connectivity index (χ4v) is 1.98. The average Bonchev–Trinajstić information content (AvgIpc) is 2.70. The van der Waals surface area contributed by atoms with Gasteiger partial charge in [-0.1, -0.05) is 12.1 Å². The molecule has 2 aromatic rings. The zero-order chi connectivity index (χ0) is 14.9. The maximum atomic E-state index is 12.4. The molecule has 8 heteroatoms. The molecule has 0 aliphatic carbocycles. The summed E-state index contributed by atoms with van der Waals surface area (Å²) >= 11 is 4.80. The number of alkyl halides is 3. The van der Waals surface area contributed by atoms with Crippen LogP contribution < -0.4 is 0 Å². The third-order valence-corrected chi connectivity index (χ3v) is 2.88. The van der Waals surface area contributed by atoms with Crippen molar-refractivity contribution in [1.82, 2.24) is 9.97 Å². The number of nitrogens with one attached hydrogen (secondary N) is 2. The van der Waals surface area contributed by atoms with Gasteiger partial charge in [0, 0.05) is 6.42 Å². The largest absolute Gasteiger partial charge is 0.477 e. The molecule has 1 heterocycles. The predicted molar refractivity (Wildman–Crippen MR) is 67.2 cm³/mol. The van der Waals surface area contributed by atoms with E-state index < -0.39 is 17.7 Å². The van der Waals surface area contributed by atoms with Gasteiger partial charge < -0.3 is 15.1 Å². The number of imidazole rings is 1. The summed E-state index contributed by atoms with van der Waals surface area (Å²) in [7, 11) is 0. The zero-order valence-electron chi connectivity index (χ0n) is 9.91. The second kappa shape index (κ2) is 5.12. The number of rotatable bonds is 3. The highest BCUT2D eigenvalue weighted by Gasteiger charge is 2.29. The second-order valence-electron chi connectivity index (χ2n) is 4.11. The van der Waals surface area contributed by atoms with E-state index in [2.05, 4.69) is 9.97 Å². The molecule has 0 aliphatic heterocycles. The van der Waals surface area contributed by atoms with Crippen LogP contribution >= 0.6 is 12.2 Å². The van der Waals surface area contributed by atoms with Crippen molar-refractivity contribution in [2.45, 2.75) is 12.6 Å². The van der Waals surface area contributed by atoms with Gasteiger partial charge in [-0.05, 0) is 29.9 Å². The lowest BCUT2D eigenvalue weighted by atomic mass is 10.1. The van der Waals surface area contributed by atoms with Crippen LogP contribution in [0.3, 0.4) is 0 Å². The second-order valence-corrected chi connectivity index (χ2v) is 4.52. The first-order chi connectivity index (χ1) is 9.27. The smallest absolute Gasteiger partial charge is 0.416 e. The Morgan fingerprint density at radius 1 is 1.20 bits per heavy atom. The maximum Gasteiger partial charge on any atom is 0.416 e. The molecule has 0 spiro atoms. The fourth-order valence-electron chi connectivity index (χ4n) is 1.75. The van der Waals surface area contributed by atoms with Crippen LogP contribution in [0, 0.1) is 4.77 Å². The summed E-state index contributed by atoms with van der Waals surface area (Å²) < 4.78 is 37.4. The van der Waals surface area contributed by atoms with Gasteiger partial charge in [0.25, 0.3) is 0 Å². The Labute approximate surface area is 116 Å². The van der Waals surface area contributed by atoms with Crippen LogP contribution in [0.4, 0.5) is 13.2 Å². The van der Waals surface area contributed by atoms with E-state index >= 15 is 0 Å². The molecule has 0 radical (unpaired) electrons. The van der Waals surface area contributed by atoms with Gasteiger partial charge in [-0.2, -0.15) is 13.2 Å². The van der Waals surface area contributed by atoms with Gasteiger partial charge in [0.05, 0.1) is 11.3 Å². The molecule has 0 fully saturated rings. The number of aromatic amines is 2. The molecule has 20 heavy (non-hydrogen) atoms. The third-order valence-electron chi connectivity index (χ3n) is 2.68. The van der Waals surface area contributed by atoms with Gasteiger partial charge in [-0.3, -0.25) is 0 Å². The molecule has 1 aromatic heterocycles. The summed E-state index contributed by atoms with van der Waals surface area (Å²) in [4.78, 5) is 16.1. The van der Waals surface area contributed by atoms with Crippen molar-refractivity contribution in [2.75, 3.05) is 0 Å². The summed E-state index contributed by atoms with van der Waals surface area (Å²) in [5.74, 6) is -1.18. The van der Waals surface area contributed by atoms with Crippen molar-refractivity contribution in [3.8, 4) is 0 Å². The van der Waals surface area contributed by atoms with Crippen LogP contribution in [0.1, 0.15) is 27.3 Å². The molecule has 2 rings (SSSR count). The molecule has 4 nitrogen and oxygen atoms in total. The lowest BCUT2D eigenvalue weighted by molar-refractivity contribution is -0.137. The van der Waals surface area contributed by atoms with E-state index in [1.807, 2.05) is 0 Å². The normalized spacial score (nSPS) is 11.6. The van der Waals surface area contributed by atoms with E-state index in [1.54, 1.807) is 0 Å². The number of benzene rings is 1. The minimum atomic E-state index is -4.39. The van der Waals surface area contributed by atoms with E-state index in [0.29, 0.717) is 11.3 Å². The SMILES string of the molecule is O=C(O)c1[nH]c(=S)[nH]c1Cc1ccc(C(F)(F)F)cc1. The molecule has 0 saturated heterocycles. The average molecular weight is 302 g/mol.